The number of hydrogen-bond donors (Lipinski definition) is 0. The van der Waals surface area contributed by atoms with Gasteiger partial charge in [0, 0.05) is 36.3 Å². The molecule has 0 spiro atoms. The number of nitrogens with zero attached hydrogens (tertiary/aromatic N) is 3. The Bertz CT molecular complexity index is 964. The summed E-state index contributed by atoms with van der Waals surface area (Å²) in [6.07, 6.45) is 5.02. The molecule has 0 saturated carbocycles. The summed E-state index contributed by atoms with van der Waals surface area (Å²) in [5.41, 5.74) is 1.22. The van der Waals surface area contributed by atoms with Crippen molar-refractivity contribution in [3.63, 3.8) is 0 Å². The second-order valence-corrected chi connectivity index (χ2v) is 6.45. The predicted octanol–water partition coefficient (Wildman–Crippen LogP) is 5.46. The van der Waals surface area contributed by atoms with Gasteiger partial charge in [-0.1, -0.05) is 29.3 Å². The molecule has 0 aliphatic heterocycles. The van der Waals surface area contributed by atoms with Crippen LogP contribution < -0.4 is 9.47 Å². The van der Waals surface area contributed by atoms with E-state index in [9.17, 15) is 4.39 Å². The van der Waals surface area contributed by atoms with E-state index in [0.29, 0.717) is 24.5 Å². The van der Waals surface area contributed by atoms with Crippen LogP contribution in [0.5, 0.6) is 11.5 Å². The highest BCUT2D eigenvalue weighted by molar-refractivity contribution is 6.38. The summed E-state index contributed by atoms with van der Waals surface area (Å²) in [7, 11) is 1.52. The van der Waals surface area contributed by atoms with Gasteiger partial charge in [-0.05, 0) is 30.3 Å². The molecule has 3 aromatic rings. The summed E-state index contributed by atoms with van der Waals surface area (Å²) in [5.74, 6) is 0.123. The smallest absolute Gasteiger partial charge is 0.220 e. The number of aliphatic imine (C=N–C) groups is 1. The summed E-state index contributed by atoms with van der Waals surface area (Å²) in [5, 5.41) is 0.311. The second-order valence-electron chi connectivity index (χ2n) is 5.64. The maximum absolute atomic E-state index is 14.7. The number of pyridine rings is 2. The quantitative estimate of drug-likeness (QED) is 0.477. The van der Waals surface area contributed by atoms with Crippen LogP contribution in [-0.2, 0) is 6.42 Å². The summed E-state index contributed by atoms with van der Waals surface area (Å²) in [4.78, 5) is 12.0. The minimum atomic E-state index is -0.757. The second kappa shape index (κ2) is 9.48. The van der Waals surface area contributed by atoms with Crippen LogP contribution in [0.3, 0.4) is 0 Å². The minimum Gasteiger partial charge on any atom is -0.493 e. The first kappa shape index (κ1) is 20.0. The lowest BCUT2D eigenvalue weighted by molar-refractivity contribution is 0.296. The van der Waals surface area contributed by atoms with Crippen molar-refractivity contribution < 1.29 is 13.9 Å². The molecule has 3 rings (SSSR count). The van der Waals surface area contributed by atoms with Gasteiger partial charge in [0.2, 0.25) is 5.97 Å². The fraction of sp³-hybridized carbons (Fsp3) is 0.150. The van der Waals surface area contributed by atoms with Gasteiger partial charge in [-0.15, -0.1) is 0 Å². The molecule has 28 heavy (non-hydrogen) atoms. The molecule has 8 heteroatoms. The van der Waals surface area contributed by atoms with Gasteiger partial charge in [0.05, 0.1) is 23.8 Å². The van der Waals surface area contributed by atoms with Crippen LogP contribution in [0.1, 0.15) is 11.3 Å². The molecule has 0 saturated heterocycles. The molecule has 0 aliphatic carbocycles. The number of benzene rings is 1. The van der Waals surface area contributed by atoms with E-state index in [4.69, 9.17) is 32.7 Å². The monoisotopic (exact) mass is 419 g/mol. The van der Waals surface area contributed by atoms with Crippen LogP contribution in [0.15, 0.2) is 60.0 Å². The van der Waals surface area contributed by atoms with Crippen molar-refractivity contribution in [3.05, 3.63) is 76.3 Å². The van der Waals surface area contributed by atoms with Gasteiger partial charge in [0.15, 0.2) is 11.5 Å². The molecule has 0 unspecified atom stereocenters. The highest BCUT2D eigenvalue weighted by atomic mass is 35.5. The topological polar surface area (TPSA) is 56.6 Å². The Labute approximate surface area is 171 Å². The molecule has 2 aromatic heterocycles. The number of rotatable bonds is 7. The van der Waals surface area contributed by atoms with Gasteiger partial charge >= 0.3 is 0 Å². The molecule has 5 nitrogen and oxygen atoms in total. The van der Waals surface area contributed by atoms with Gasteiger partial charge in [0.1, 0.15) is 5.69 Å². The lowest BCUT2D eigenvalue weighted by atomic mass is 10.2. The van der Waals surface area contributed by atoms with E-state index < -0.39 is 5.97 Å². The summed E-state index contributed by atoms with van der Waals surface area (Å²) in [6, 6.07) is 10.3. The molecule has 0 N–H and O–H groups in total. The van der Waals surface area contributed by atoms with Crippen LogP contribution in [0.25, 0.3) is 0 Å². The number of ether oxygens (including phenoxy) is 2. The van der Waals surface area contributed by atoms with Gasteiger partial charge in [0.25, 0.3) is 0 Å². The summed E-state index contributed by atoms with van der Waals surface area (Å²) < 4.78 is 25.7. The summed E-state index contributed by atoms with van der Waals surface area (Å²) >= 11 is 12.0. The van der Waals surface area contributed by atoms with E-state index in [2.05, 4.69) is 15.0 Å². The highest BCUT2D eigenvalue weighted by Gasteiger charge is 2.12. The third-order valence-corrected chi connectivity index (χ3v) is 4.34. The molecule has 0 aliphatic rings. The number of aromatic nitrogens is 2. The minimum absolute atomic E-state index is 0.115. The van der Waals surface area contributed by atoms with Crippen LogP contribution in [0.4, 0.5) is 10.1 Å². The first-order chi connectivity index (χ1) is 13.6. The molecular formula is C20H16Cl2FN3O2. The molecule has 0 radical (unpaired) electrons. The van der Waals surface area contributed by atoms with Crippen molar-refractivity contribution in [2.24, 2.45) is 4.99 Å². The normalized spacial score (nSPS) is 11.4. The standard InChI is InChI=1S/C20H16Cl2FN3O2/c1-27-17-6-5-13(20(23)26-19-15(21)11-24-12-16(19)22)10-18(17)28-9-7-14-4-2-3-8-25-14/h2-6,8,10-12H,7,9H2,1H3. The fourth-order valence-electron chi connectivity index (χ4n) is 2.40. The van der Waals surface area contributed by atoms with Crippen molar-refractivity contribution in [2.45, 2.75) is 6.42 Å². The molecule has 0 amide bonds. The molecular weight excluding hydrogens is 404 g/mol. The van der Waals surface area contributed by atoms with Crippen LogP contribution >= 0.6 is 23.2 Å². The number of hydrogen-bond acceptors (Lipinski definition) is 5. The van der Waals surface area contributed by atoms with E-state index in [1.54, 1.807) is 12.3 Å². The Morgan fingerprint density at radius 3 is 2.57 bits per heavy atom. The zero-order valence-electron chi connectivity index (χ0n) is 14.9. The van der Waals surface area contributed by atoms with Crippen molar-refractivity contribution in [3.8, 4) is 11.5 Å². The molecule has 144 valence electrons. The predicted molar refractivity (Wildman–Crippen MR) is 108 cm³/mol. The molecule has 0 atom stereocenters. The highest BCUT2D eigenvalue weighted by Crippen LogP contribution is 2.33. The first-order valence-electron chi connectivity index (χ1n) is 8.33. The molecule has 2 heterocycles. The van der Waals surface area contributed by atoms with Gasteiger partial charge in [-0.2, -0.15) is 4.39 Å². The first-order valence-corrected chi connectivity index (χ1v) is 9.08. The molecule has 0 bridgehead atoms. The van der Waals surface area contributed by atoms with Gasteiger partial charge < -0.3 is 9.47 Å². The number of methoxy groups -OCH3 is 1. The average molecular weight is 420 g/mol. The van der Waals surface area contributed by atoms with E-state index in [0.717, 1.165) is 5.69 Å². The lowest BCUT2D eigenvalue weighted by Gasteiger charge is -2.12. The van der Waals surface area contributed by atoms with E-state index in [1.165, 1.54) is 31.6 Å². The van der Waals surface area contributed by atoms with Crippen molar-refractivity contribution in [2.75, 3.05) is 13.7 Å². The Morgan fingerprint density at radius 1 is 1.11 bits per heavy atom. The number of halogens is 3. The fourth-order valence-corrected chi connectivity index (χ4v) is 2.85. The third kappa shape index (κ3) is 4.97. The lowest BCUT2D eigenvalue weighted by Crippen LogP contribution is -2.05. The van der Waals surface area contributed by atoms with E-state index in [1.807, 2.05) is 18.2 Å². The SMILES string of the molecule is COc1ccc(C(F)=Nc2c(Cl)cncc2Cl)cc1OCCc1ccccn1. The zero-order valence-corrected chi connectivity index (χ0v) is 16.4. The third-order valence-electron chi connectivity index (χ3n) is 3.78. The Kier molecular flexibility index (Phi) is 6.79. The Balaban J connectivity index is 1.80. The molecule has 1 aromatic carbocycles. The Hall–Kier alpha value is -2.70. The van der Waals surface area contributed by atoms with E-state index in [-0.39, 0.29) is 21.3 Å². The largest absolute Gasteiger partial charge is 0.493 e. The van der Waals surface area contributed by atoms with Crippen molar-refractivity contribution >= 4 is 34.9 Å². The Morgan fingerprint density at radius 2 is 1.89 bits per heavy atom. The maximum Gasteiger partial charge on any atom is 0.220 e. The van der Waals surface area contributed by atoms with Gasteiger partial charge in [-0.25, -0.2) is 4.99 Å². The zero-order chi connectivity index (χ0) is 19.9. The van der Waals surface area contributed by atoms with Crippen molar-refractivity contribution in [1.29, 1.82) is 0 Å². The van der Waals surface area contributed by atoms with Gasteiger partial charge in [-0.3, -0.25) is 9.97 Å². The summed E-state index contributed by atoms with van der Waals surface area (Å²) in [6.45, 7) is 0.359. The average Bonchev–Trinajstić information content (AvgIpc) is 2.71. The maximum atomic E-state index is 14.7. The van der Waals surface area contributed by atoms with Crippen LogP contribution in [-0.4, -0.2) is 29.7 Å². The van der Waals surface area contributed by atoms with Crippen LogP contribution in [0.2, 0.25) is 10.0 Å². The van der Waals surface area contributed by atoms with Crippen LogP contribution in [0, 0.1) is 0 Å². The van der Waals surface area contributed by atoms with Crippen molar-refractivity contribution in [1.82, 2.24) is 9.97 Å². The van der Waals surface area contributed by atoms with E-state index >= 15 is 0 Å². The molecule has 0 fully saturated rings.